The molecule has 154 valence electrons. The number of nitrogens with one attached hydrogen (secondary N) is 1. The fourth-order valence-corrected chi connectivity index (χ4v) is 5.03. The molecule has 2 aliphatic rings. The van der Waals surface area contributed by atoms with Crippen LogP contribution in [0.25, 0.3) is 0 Å². The SMILES string of the molecule is CC1=NN(c2ccccc2)C(=O)C1C=C(C#N)C(=O)Nc1sc2c(c1C#N)CCCC2. The van der Waals surface area contributed by atoms with Gasteiger partial charge in [0.05, 0.1) is 22.9 Å². The minimum absolute atomic E-state index is 0.182. The van der Waals surface area contributed by atoms with Gasteiger partial charge < -0.3 is 5.32 Å². The van der Waals surface area contributed by atoms with Crippen molar-refractivity contribution in [1.82, 2.24) is 0 Å². The maximum Gasteiger partial charge on any atom is 0.266 e. The van der Waals surface area contributed by atoms with Crippen LogP contribution in [0.5, 0.6) is 0 Å². The van der Waals surface area contributed by atoms with E-state index in [0.717, 1.165) is 36.1 Å². The van der Waals surface area contributed by atoms with Crippen molar-refractivity contribution in [3.05, 3.63) is 58.0 Å². The van der Waals surface area contributed by atoms with Crippen molar-refractivity contribution in [3.8, 4) is 12.1 Å². The van der Waals surface area contributed by atoms with Crippen LogP contribution in [0.15, 0.2) is 47.1 Å². The van der Waals surface area contributed by atoms with Crippen LogP contribution in [-0.4, -0.2) is 17.5 Å². The van der Waals surface area contributed by atoms with E-state index in [-0.39, 0.29) is 11.5 Å². The highest BCUT2D eigenvalue weighted by Crippen LogP contribution is 2.37. The van der Waals surface area contributed by atoms with Crippen LogP contribution >= 0.6 is 11.3 Å². The predicted octanol–water partition coefficient (Wildman–Crippen LogP) is 3.93. The largest absolute Gasteiger partial charge is 0.312 e. The Morgan fingerprint density at radius 2 is 2.00 bits per heavy atom. The molecule has 2 aromatic rings. The molecule has 0 radical (unpaired) electrons. The lowest BCUT2D eigenvalue weighted by Gasteiger charge is -2.12. The summed E-state index contributed by atoms with van der Waals surface area (Å²) in [6.07, 6.45) is 5.16. The van der Waals surface area contributed by atoms with Crippen LogP contribution in [0.1, 0.15) is 35.8 Å². The van der Waals surface area contributed by atoms with Gasteiger partial charge in [-0.1, -0.05) is 18.2 Å². The average molecular weight is 430 g/mol. The summed E-state index contributed by atoms with van der Waals surface area (Å²) in [5.41, 5.74) is 2.42. The summed E-state index contributed by atoms with van der Waals surface area (Å²) < 4.78 is 0. The molecule has 8 heteroatoms. The Morgan fingerprint density at radius 1 is 1.26 bits per heavy atom. The van der Waals surface area contributed by atoms with Gasteiger partial charge in [0.15, 0.2) is 0 Å². The summed E-state index contributed by atoms with van der Waals surface area (Å²) in [6, 6.07) is 13.1. The van der Waals surface area contributed by atoms with E-state index in [0.29, 0.717) is 22.0 Å². The van der Waals surface area contributed by atoms with Gasteiger partial charge in [0.2, 0.25) is 0 Å². The number of rotatable bonds is 4. The van der Waals surface area contributed by atoms with Crippen molar-refractivity contribution in [2.45, 2.75) is 32.6 Å². The number of nitrogens with zero attached hydrogens (tertiary/aromatic N) is 4. The standard InChI is InChI=1S/C23H19N5O2S/c1-14-18(23(30)28(27-14)16-7-3-2-4-8-16)11-15(12-24)21(29)26-22-19(13-25)17-9-5-6-10-20(17)31-22/h2-4,7-8,11,18H,5-6,9-10H2,1H3,(H,26,29). The van der Waals surface area contributed by atoms with E-state index in [4.69, 9.17) is 0 Å². The number of fused-ring (bicyclic) bond motifs is 1. The van der Waals surface area contributed by atoms with Crippen molar-refractivity contribution >= 4 is 39.6 Å². The van der Waals surface area contributed by atoms with Crippen LogP contribution in [0.2, 0.25) is 0 Å². The number of aryl methyl sites for hydroxylation is 1. The van der Waals surface area contributed by atoms with Gasteiger partial charge in [-0.05, 0) is 56.4 Å². The van der Waals surface area contributed by atoms with Gasteiger partial charge in [0.25, 0.3) is 11.8 Å². The summed E-state index contributed by atoms with van der Waals surface area (Å²) in [5, 5.41) is 27.9. The molecule has 2 amide bonds. The number of carbonyl (C=O) groups is 2. The molecule has 1 unspecified atom stereocenters. The van der Waals surface area contributed by atoms with E-state index >= 15 is 0 Å². The molecule has 1 aromatic carbocycles. The molecule has 1 N–H and O–H groups in total. The fraction of sp³-hybridized carbons (Fsp3) is 0.261. The molecule has 0 bridgehead atoms. The molecule has 4 rings (SSSR count). The van der Waals surface area contributed by atoms with Crippen molar-refractivity contribution in [3.63, 3.8) is 0 Å². The van der Waals surface area contributed by atoms with Crippen LogP contribution in [0, 0.1) is 28.6 Å². The number of carbonyl (C=O) groups excluding carboxylic acids is 2. The van der Waals surface area contributed by atoms with Crippen LogP contribution in [-0.2, 0) is 22.4 Å². The monoisotopic (exact) mass is 429 g/mol. The van der Waals surface area contributed by atoms with Crippen LogP contribution < -0.4 is 10.3 Å². The van der Waals surface area contributed by atoms with Crippen molar-refractivity contribution in [1.29, 1.82) is 10.5 Å². The van der Waals surface area contributed by atoms with Gasteiger partial charge in [0, 0.05) is 4.88 Å². The fourth-order valence-electron chi connectivity index (χ4n) is 3.80. The molecule has 1 aromatic heterocycles. The molecular formula is C23H19N5O2S. The number of amides is 2. The Hall–Kier alpha value is -3.75. The number of hydrazone groups is 1. The number of anilines is 2. The number of thiophene rings is 1. The second-order valence-corrected chi connectivity index (χ2v) is 8.48. The Kier molecular flexibility index (Phi) is 5.66. The van der Waals surface area contributed by atoms with Gasteiger partial charge in [0.1, 0.15) is 22.7 Å². The third-order valence-corrected chi connectivity index (χ3v) is 6.60. The topological polar surface area (TPSA) is 109 Å². The number of benzene rings is 1. The Bertz CT molecular complexity index is 1200. The summed E-state index contributed by atoms with van der Waals surface area (Å²) >= 11 is 1.39. The van der Waals surface area contributed by atoms with Crippen molar-refractivity contribution < 1.29 is 9.59 Å². The van der Waals surface area contributed by atoms with E-state index in [9.17, 15) is 20.1 Å². The quantitative estimate of drug-likeness (QED) is 0.586. The second kappa shape index (κ2) is 8.55. The Morgan fingerprint density at radius 3 is 2.71 bits per heavy atom. The van der Waals surface area contributed by atoms with Gasteiger partial charge in [-0.25, -0.2) is 0 Å². The van der Waals surface area contributed by atoms with E-state index in [1.807, 2.05) is 12.1 Å². The smallest absolute Gasteiger partial charge is 0.266 e. The summed E-state index contributed by atoms with van der Waals surface area (Å²) in [6.45, 7) is 1.69. The molecule has 2 heterocycles. The molecule has 1 aliphatic heterocycles. The molecular weight excluding hydrogens is 410 g/mol. The number of para-hydroxylation sites is 1. The molecule has 1 aliphatic carbocycles. The van der Waals surface area contributed by atoms with Crippen LogP contribution in [0.3, 0.4) is 0 Å². The predicted molar refractivity (Wildman–Crippen MR) is 119 cm³/mol. The zero-order valence-electron chi connectivity index (χ0n) is 16.9. The first kappa shape index (κ1) is 20.5. The van der Waals surface area contributed by atoms with E-state index < -0.39 is 11.8 Å². The van der Waals surface area contributed by atoms with Gasteiger partial charge in [-0.15, -0.1) is 11.3 Å². The highest BCUT2D eigenvalue weighted by molar-refractivity contribution is 7.16. The van der Waals surface area contributed by atoms with Gasteiger partial charge >= 0.3 is 0 Å². The highest BCUT2D eigenvalue weighted by atomic mass is 32.1. The molecule has 0 saturated heterocycles. The first-order valence-electron chi connectivity index (χ1n) is 9.95. The molecule has 0 fully saturated rings. The molecule has 7 nitrogen and oxygen atoms in total. The average Bonchev–Trinajstić information content (AvgIpc) is 3.28. The number of hydrogen-bond donors (Lipinski definition) is 1. The first-order valence-corrected chi connectivity index (χ1v) is 10.8. The number of hydrogen-bond acceptors (Lipinski definition) is 6. The Balaban J connectivity index is 1.57. The molecule has 0 spiro atoms. The van der Waals surface area contributed by atoms with E-state index in [1.165, 1.54) is 22.4 Å². The molecule has 1 atom stereocenters. The lowest BCUT2D eigenvalue weighted by atomic mass is 9.96. The van der Waals surface area contributed by atoms with Crippen molar-refractivity contribution in [2.75, 3.05) is 10.3 Å². The maximum absolute atomic E-state index is 12.9. The highest BCUT2D eigenvalue weighted by Gasteiger charge is 2.34. The van der Waals surface area contributed by atoms with Crippen LogP contribution in [0.4, 0.5) is 10.7 Å². The summed E-state index contributed by atoms with van der Waals surface area (Å²) in [4.78, 5) is 26.8. The zero-order chi connectivity index (χ0) is 22.0. The minimum atomic E-state index is -0.799. The third kappa shape index (κ3) is 3.86. The second-order valence-electron chi connectivity index (χ2n) is 7.38. The van der Waals surface area contributed by atoms with Crippen molar-refractivity contribution in [2.24, 2.45) is 11.0 Å². The molecule has 31 heavy (non-hydrogen) atoms. The minimum Gasteiger partial charge on any atom is -0.312 e. The van der Waals surface area contributed by atoms with Gasteiger partial charge in [-0.3, -0.25) is 9.59 Å². The lowest BCUT2D eigenvalue weighted by molar-refractivity contribution is -0.118. The summed E-state index contributed by atoms with van der Waals surface area (Å²) in [7, 11) is 0. The normalized spacial score (nSPS) is 18.1. The van der Waals surface area contributed by atoms with Gasteiger partial charge in [-0.2, -0.15) is 20.6 Å². The number of nitriles is 2. The first-order chi connectivity index (χ1) is 15.0. The molecule has 0 saturated carbocycles. The summed E-state index contributed by atoms with van der Waals surface area (Å²) in [5.74, 6) is -1.75. The zero-order valence-corrected chi connectivity index (χ0v) is 17.7. The lowest BCUT2D eigenvalue weighted by Crippen LogP contribution is -2.27. The third-order valence-electron chi connectivity index (χ3n) is 5.39. The van der Waals surface area contributed by atoms with E-state index in [1.54, 1.807) is 31.2 Å². The van der Waals surface area contributed by atoms with E-state index in [2.05, 4.69) is 16.5 Å². The maximum atomic E-state index is 12.9. The Labute approximate surface area is 183 Å².